The van der Waals surface area contributed by atoms with Gasteiger partial charge in [0.1, 0.15) is 11.6 Å². The van der Waals surface area contributed by atoms with Crippen LogP contribution in [0, 0.1) is 5.82 Å². The molecule has 1 aromatic rings. The number of hydrogen-bond acceptors (Lipinski definition) is 3. The summed E-state index contributed by atoms with van der Waals surface area (Å²) >= 11 is 3.22. The Hall–Kier alpha value is -1.14. The Kier molecular flexibility index (Phi) is 6.41. The minimum Gasteiger partial charge on any atom is -0.483 e. The minimum absolute atomic E-state index is 0.0460. The van der Waals surface area contributed by atoms with Crippen LogP contribution in [0.1, 0.15) is 32.1 Å². The van der Waals surface area contributed by atoms with E-state index in [0.717, 1.165) is 12.8 Å². The standard InChI is InChI=1S/C17H24BrFN2O2/c1-21(2)17(8-4-3-5-9-17)12-20-16(22)11-23-15-7-6-13(19)10-14(15)18/h6-7,10H,3-5,8-9,11-12H2,1-2H3,(H,20,22). The Bertz CT molecular complexity index is 545. The molecule has 0 aromatic heterocycles. The molecule has 2 rings (SSSR count). The van der Waals surface area contributed by atoms with E-state index in [4.69, 9.17) is 4.74 Å². The summed E-state index contributed by atoms with van der Waals surface area (Å²) in [6.45, 7) is 0.556. The van der Waals surface area contributed by atoms with Gasteiger partial charge in [-0.1, -0.05) is 19.3 Å². The van der Waals surface area contributed by atoms with Crippen LogP contribution in [-0.4, -0.2) is 43.6 Å². The second kappa shape index (κ2) is 8.11. The molecule has 1 aliphatic carbocycles. The maximum Gasteiger partial charge on any atom is 0.258 e. The second-order valence-corrected chi connectivity index (χ2v) is 7.17. The molecular weight excluding hydrogens is 363 g/mol. The molecule has 1 aliphatic rings. The van der Waals surface area contributed by atoms with Crippen LogP contribution < -0.4 is 10.1 Å². The molecule has 1 amide bonds. The predicted octanol–water partition coefficient (Wildman–Crippen LogP) is 3.35. The van der Waals surface area contributed by atoms with E-state index >= 15 is 0 Å². The largest absolute Gasteiger partial charge is 0.483 e. The molecule has 0 bridgehead atoms. The smallest absolute Gasteiger partial charge is 0.258 e. The SMILES string of the molecule is CN(C)C1(CNC(=O)COc2ccc(F)cc2Br)CCCCC1. The van der Waals surface area contributed by atoms with Crippen LogP contribution in [0.4, 0.5) is 4.39 Å². The maximum atomic E-state index is 13.0. The molecule has 23 heavy (non-hydrogen) atoms. The van der Waals surface area contributed by atoms with Gasteiger partial charge in [0, 0.05) is 12.1 Å². The number of halogens is 2. The molecule has 1 N–H and O–H groups in total. The van der Waals surface area contributed by atoms with Crippen molar-refractivity contribution in [2.24, 2.45) is 0 Å². The summed E-state index contributed by atoms with van der Waals surface area (Å²) in [5.74, 6) is -0.0477. The van der Waals surface area contributed by atoms with E-state index in [9.17, 15) is 9.18 Å². The lowest BCUT2D eigenvalue weighted by Gasteiger charge is -2.43. The lowest BCUT2D eigenvalue weighted by atomic mass is 9.80. The first-order chi connectivity index (χ1) is 10.9. The van der Waals surface area contributed by atoms with E-state index in [2.05, 4.69) is 40.2 Å². The highest BCUT2D eigenvalue weighted by atomic mass is 79.9. The van der Waals surface area contributed by atoms with Crippen LogP contribution in [-0.2, 0) is 4.79 Å². The molecule has 0 atom stereocenters. The Morgan fingerprint density at radius 3 is 2.65 bits per heavy atom. The first-order valence-corrected chi connectivity index (χ1v) is 8.74. The Labute approximate surface area is 145 Å². The highest BCUT2D eigenvalue weighted by Crippen LogP contribution is 2.31. The summed E-state index contributed by atoms with van der Waals surface area (Å²) < 4.78 is 19.0. The zero-order valence-corrected chi connectivity index (χ0v) is 15.3. The predicted molar refractivity (Wildman–Crippen MR) is 92.1 cm³/mol. The van der Waals surface area contributed by atoms with Gasteiger partial charge in [0.25, 0.3) is 5.91 Å². The highest BCUT2D eigenvalue weighted by Gasteiger charge is 2.34. The molecule has 1 aromatic carbocycles. The lowest BCUT2D eigenvalue weighted by molar-refractivity contribution is -0.123. The zero-order valence-electron chi connectivity index (χ0n) is 13.7. The van der Waals surface area contributed by atoms with Gasteiger partial charge in [0.2, 0.25) is 0 Å². The van der Waals surface area contributed by atoms with E-state index in [1.54, 1.807) is 0 Å². The minimum atomic E-state index is -0.348. The van der Waals surface area contributed by atoms with E-state index in [1.807, 2.05) is 0 Å². The molecule has 1 fully saturated rings. The van der Waals surface area contributed by atoms with E-state index in [1.165, 1.54) is 37.5 Å². The summed E-state index contributed by atoms with van der Waals surface area (Å²) in [6, 6.07) is 4.13. The maximum absolute atomic E-state index is 13.0. The number of benzene rings is 1. The third-order valence-electron chi connectivity index (χ3n) is 4.60. The summed E-state index contributed by atoms with van der Waals surface area (Å²) in [6.07, 6.45) is 5.88. The van der Waals surface area contributed by atoms with Gasteiger partial charge in [-0.25, -0.2) is 4.39 Å². The normalized spacial score (nSPS) is 17.1. The van der Waals surface area contributed by atoms with Gasteiger partial charge in [0.15, 0.2) is 6.61 Å². The number of nitrogens with zero attached hydrogens (tertiary/aromatic N) is 1. The van der Waals surface area contributed by atoms with Crippen molar-refractivity contribution >= 4 is 21.8 Å². The molecule has 0 spiro atoms. The fraction of sp³-hybridized carbons (Fsp3) is 0.588. The van der Waals surface area contributed by atoms with Gasteiger partial charge in [0.05, 0.1) is 4.47 Å². The Balaban J connectivity index is 1.84. The molecule has 4 nitrogen and oxygen atoms in total. The number of likely N-dealkylation sites (N-methyl/N-ethyl adjacent to an activating group) is 1. The van der Waals surface area contributed by atoms with Gasteiger partial charge in [-0.05, 0) is 61.1 Å². The first kappa shape index (κ1) is 18.2. The quantitative estimate of drug-likeness (QED) is 0.814. The molecule has 0 radical (unpaired) electrons. The first-order valence-electron chi connectivity index (χ1n) is 7.95. The van der Waals surface area contributed by atoms with Crippen LogP contribution in [0.15, 0.2) is 22.7 Å². The van der Waals surface area contributed by atoms with Crippen LogP contribution in [0.5, 0.6) is 5.75 Å². The summed E-state index contributed by atoms with van der Waals surface area (Å²) in [5.41, 5.74) is 0.0460. The Morgan fingerprint density at radius 2 is 2.04 bits per heavy atom. The topological polar surface area (TPSA) is 41.6 Å². The van der Waals surface area contributed by atoms with Crippen molar-refractivity contribution in [1.82, 2.24) is 10.2 Å². The average Bonchev–Trinajstić information content (AvgIpc) is 2.53. The van der Waals surface area contributed by atoms with E-state index in [-0.39, 0.29) is 23.9 Å². The molecule has 128 valence electrons. The van der Waals surface area contributed by atoms with Gasteiger partial charge < -0.3 is 15.0 Å². The number of carbonyl (C=O) groups is 1. The number of amides is 1. The number of rotatable bonds is 6. The fourth-order valence-electron chi connectivity index (χ4n) is 3.04. The monoisotopic (exact) mass is 386 g/mol. The average molecular weight is 387 g/mol. The molecule has 1 saturated carbocycles. The van der Waals surface area contributed by atoms with Crippen LogP contribution in [0.2, 0.25) is 0 Å². The van der Waals surface area contributed by atoms with Crippen molar-refractivity contribution in [2.45, 2.75) is 37.6 Å². The van der Waals surface area contributed by atoms with E-state index in [0.29, 0.717) is 16.8 Å². The molecular formula is C17H24BrFN2O2. The van der Waals surface area contributed by atoms with Crippen LogP contribution >= 0.6 is 15.9 Å². The highest BCUT2D eigenvalue weighted by molar-refractivity contribution is 9.10. The van der Waals surface area contributed by atoms with Crippen molar-refractivity contribution in [1.29, 1.82) is 0 Å². The van der Waals surface area contributed by atoms with Crippen molar-refractivity contribution in [3.63, 3.8) is 0 Å². The van der Waals surface area contributed by atoms with Crippen LogP contribution in [0.25, 0.3) is 0 Å². The molecule has 6 heteroatoms. The van der Waals surface area contributed by atoms with Gasteiger partial charge in [-0.15, -0.1) is 0 Å². The fourth-order valence-corrected chi connectivity index (χ4v) is 3.51. The van der Waals surface area contributed by atoms with E-state index < -0.39 is 0 Å². The molecule has 0 saturated heterocycles. The van der Waals surface area contributed by atoms with Gasteiger partial charge in [-0.3, -0.25) is 4.79 Å². The van der Waals surface area contributed by atoms with Gasteiger partial charge >= 0.3 is 0 Å². The Morgan fingerprint density at radius 1 is 1.35 bits per heavy atom. The summed E-state index contributed by atoms with van der Waals surface area (Å²) in [4.78, 5) is 14.3. The molecule has 0 aliphatic heterocycles. The summed E-state index contributed by atoms with van der Waals surface area (Å²) in [7, 11) is 4.15. The van der Waals surface area contributed by atoms with Crippen molar-refractivity contribution < 1.29 is 13.9 Å². The van der Waals surface area contributed by atoms with Crippen molar-refractivity contribution in [3.8, 4) is 5.75 Å². The number of hydrogen-bond donors (Lipinski definition) is 1. The van der Waals surface area contributed by atoms with Gasteiger partial charge in [-0.2, -0.15) is 0 Å². The van der Waals surface area contributed by atoms with Crippen molar-refractivity contribution in [3.05, 3.63) is 28.5 Å². The third-order valence-corrected chi connectivity index (χ3v) is 5.22. The number of ether oxygens (including phenoxy) is 1. The second-order valence-electron chi connectivity index (χ2n) is 6.32. The van der Waals surface area contributed by atoms with Crippen molar-refractivity contribution in [2.75, 3.05) is 27.2 Å². The number of nitrogens with one attached hydrogen (secondary N) is 1. The lowest BCUT2D eigenvalue weighted by Crippen LogP contribution is -2.54. The zero-order chi connectivity index (χ0) is 16.9. The molecule has 0 heterocycles. The third kappa shape index (κ3) is 4.91. The van der Waals surface area contributed by atoms with Crippen LogP contribution in [0.3, 0.4) is 0 Å². The summed E-state index contributed by atoms with van der Waals surface area (Å²) in [5, 5.41) is 2.98. The number of carbonyl (C=O) groups excluding carboxylic acids is 1. The molecule has 0 unspecified atom stereocenters.